The second-order valence-corrected chi connectivity index (χ2v) is 6.57. The lowest BCUT2D eigenvalue weighted by molar-refractivity contribution is -0.268. The van der Waals surface area contributed by atoms with Crippen molar-refractivity contribution >= 4 is 21.7 Å². The smallest absolute Gasteiger partial charge is 0.335 e. The molecule has 2 aromatic rings. The molecule has 2 N–H and O–H groups in total. The summed E-state index contributed by atoms with van der Waals surface area (Å²) in [6.45, 7) is 3.64. The van der Waals surface area contributed by atoms with Crippen LogP contribution >= 0.6 is 0 Å². The number of nitrogens with one attached hydrogen (secondary N) is 1. The van der Waals surface area contributed by atoms with E-state index in [1.165, 1.54) is 0 Å². The van der Waals surface area contributed by atoms with Crippen molar-refractivity contribution in [3.05, 3.63) is 53.1 Å². The first-order valence-corrected chi connectivity index (χ1v) is 7.83. The van der Waals surface area contributed by atoms with Crippen molar-refractivity contribution < 1.29 is 23.4 Å². The van der Waals surface area contributed by atoms with Gasteiger partial charge in [0.2, 0.25) is 0 Å². The summed E-state index contributed by atoms with van der Waals surface area (Å²) in [6, 6.07) is 8.08. The molecule has 6 nitrogen and oxygen atoms in total. The standard InChI is InChI=1S/C15H15NO5S/c1-9-3-5-13(10(2)7-9)16-22(20,21)11-4-6-14(17)12(8-11)15(18)19/h3-8,16-17H,1-2H3,(H,18,19)/p-1. The fraction of sp³-hybridized carbons (Fsp3) is 0.133. The van der Waals surface area contributed by atoms with E-state index in [2.05, 4.69) is 4.72 Å². The number of aryl methyl sites for hydroxylation is 2. The molecule has 116 valence electrons. The zero-order valence-corrected chi connectivity index (χ0v) is 12.8. The van der Waals surface area contributed by atoms with Crippen molar-refractivity contribution in [3.8, 4) is 5.75 Å². The van der Waals surface area contributed by atoms with E-state index in [-0.39, 0.29) is 4.90 Å². The van der Waals surface area contributed by atoms with E-state index < -0.39 is 27.3 Å². The Morgan fingerprint density at radius 1 is 1.14 bits per heavy atom. The number of hydrogen-bond donors (Lipinski definition) is 2. The molecular formula is C15H14NO5S-. The molecule has 0 aliphatic carbocycles. The molecule has 0 saturated carbocycles. The summed E-state index contributed by atoms with van der Waals surface area (Å²) in [4.78, 5) is 10.7. The molecule has 7 heteroatoms. The van der Waals surface area contributed by atoms with Gasteiger partial charge in [0.15, 0.2) is 0 Å². The van der Waals surface area contributed by atoms with E-state index >= 15 is 0 Å². The van der Waals surface area contributed by atoms with Crippen molar-refractivity contribution in [2.75, 3.05) is 4.72 Å². The average molecular weight is 320 g/mol. The van der Waals surface area contributed by atoms with Gasteiger partial charge in [0.1, 0.15) is 0 Å². The van der Waals surface area contributed by atoms with E-state index in [0.29, 0.717) is 5.69 Å². The molecule has 2 rings (SSSR count). The highest BCUT2D eigenvalue weighted by Crippen LogP contribution is 2.23. The molecule has 0 aliphatic rings. The topological polar surface area (TPSA) is 107 Å². The Morgan fingerprint density at radius 3 is 2.41 bits per heavy atom. The number of anilines is 1. The minimum atomic E-state index is -3.97. The number of hydrogen-bond acceptors (Lipinski definition) is 4. The molecule has 0 aliphatic heterocycles. The van der Waals surface area contributed by atoms with Gasteiger partial charge in [-0.05, 0) is 37.6 Å². The fourth-order valence-corrected chi connectivity index (χ4v) is 3.13. The van der Waals surface area contributed by atoms with Gasteiger partial charge >= 0.3 is 5.97 Å². The normalized spacial score (nSPS) is 11.2. The van der Waals surface area contributed by atoms with Gasteiger partial charge in [-0.25, -0.2) is 13.2 Å². The number of carboxylic acid groups (broad SMARTS) is 1. The SMILES string of the molecule is Cc1ccc(NS(=O)(=O)c2ccc([O-])c(C(=O)O)c2)c(C)c1. The monoisotopic (exact) mass is 320 g/mol. The van der Waals surface area contributed by atoms with Gasteiger partial charge in [-0.2, -0.15) is 0 Å². The molecule has 0 atom stereocenters. The summed E-state index contributed by atoms with van der Waals surface area (Å²) < 4.78 is 27.0. The Labute approximate surface area is 128 Å². The highest BCUT2D eigenvalue weighted by Gasteiger charge is 2.17. The number of carbonyl (C=O) groups is 1. The molecule has 0 radical (unpaired) electrons. The maximum absolute atomic E-state index is 12.3. The summed E-state index contributed by atoms with van der Waals surface area (Å²) in [5, 5.41) is 20.3. The van der Waals surface area contributed by atoms with Crippen LogP contribution in [0.3, 0.4) is 0 Å². The Bertz CT molecular complexity index is 843. The average Bonchev–Trinajstić information content (AvgIpc) is 2.42. The Morgan fingerprint density at radius 2 is 1.82 bits per heavy atom. The summed E-state index contributed by atoms with van der Waals surface area (Å²) in [5.74, 6) is -2.20. The van der Waals surface area contributed by atoms with Gasteiger partial charge in [-0.1, -0.05) is 29.5 Å². The van der Waals surface area contributed by atoms with Crippen molar-refractivity contribution in [2.45, 2.75) is 18.7 Å². The zero-order valence-electron chi connectivity index (χ0n) is 12.0. The predicted octanol–water partition coefficient (Wildman–Crippen LogP) is 1.88. The maximum atomic E-state index is 12.3. The number of benzene rings is 2. The molecule has 0 saturated heterocycles. The van der Waals surface area contributed by atoms with Gasteiger partial charge < -0.3 is 10.2 Å². The van der Waals surface area contributed by atoms with Crippen LogP contribution in [0, 0.1) is 13.8 Å². The lowest BCUT2D eigenvalue weighted by Gasteiger charge is -2.14. The summed E-state index contributed by atoms with van der Waals surface area (Å²) in [5.41, 5.74) is 1.55. The first kappa shape index (κ1) is 15.8. The van der Waals surface area contributed by atoms with Crippen LogP contribution < -0.4 is 9.83 Å². The van der Waals surface area contributed by atoms with E-state index in [9.17, 15) is 18.3 Å². The second-order valence-electron chi connectivity index (χ2n) is 4.89. The number of sulfonamides is 1. The fourth-order valence-electron chi connectivity index (χ4n) is 1.98. The van der Waals surface area contributed by atoms with E-state index in [4.69, 9.17) is 5.11 Å². The quantitative estimate of drug-likeness (QED) is 0.894. The highest BCUT2D eigenvalue weighted by molar-refractivity contribution is 7.92. The molecule has 0 spiro atoms. The van der Waals surface area contributed by atoms with Gasteiger partial charge in [-0.15, -0.1) is 0 Å². The largest absolute Gasteiger partial charge is 0.872 e. The third kappa shape index (κ3) is 3.20. The van der Waals surface area contributed by atoms with Crippen LogP contribution in [-0.4, -0.2) is 19.5 Å². The molecule has 0 bridgehead atoms. The van der Waals surface area contributed by atoms with Crippen molar-refractivity contribution in [1.82, 2.24) is 0 Å². The Hall–Kier alpha value is -2.54. The summed E-state index contributed by atoms with van der Waals surface area (Å²) in [7, 11) is -3.97. The first-order valence-electron chi connectivity index (χ1n) is 6.35. The van der Waals surface area contributed by atoms with Crippen LogP contribution in [0.4, 0.5) is 5.69 Å². The zero-order chi connectivity index (χ0) is 16.5. The summed E-state index contributed by atoms with van der Waals surface area (Å²) >= 11 is 0. The van der Waals surface area contributed by atoms with E-state index in [0.717, 1.165) is 29.3 Å². The van der Waals surface area contributed by atoms with Crippen LogP contribution in [0.2, 0.25) is 0 Å². The third-order valence-corrected chi connectivity index (χ3v) is 4.48. The molecule has 0 unspecified atom stereocenters. The highest BCUT2D eigenvalue weighted by atomic mass is 32.2. The van der Waals surface area contributed by atoms with Gasteiger partial charge in [0, 0.05) is 0 Å². The Balaban J connectivity index is 2.42. The van der Waals surface area contributed by atoms with Crippen LogP contribution in [0.5, 0.6) is 5.75 Å². The maximum Gasteiger partial charge on any atom is 0.335 e. The molecule has 0 amide bonds. The van der Waals surface area contributed by atoms with Crippen molar-refractivity contribution in [1.29, 1.82) is 0 Å². The van der Waals surface area contributed by atoms with Crippen LogP contribution in [-0.2, 0) is 10.0 Å². The molecule has 22 heavy (non-hydrogen) atoms. The number of rotatable bonds is 4. The van der Waals surface area contributed by atoms with Crippen LogP contribution in [0.15, 0.2) is 41.3 Å². The second kappa shape index (κ2) is 5.69. The Kier molecular flexibility index (Phi) is 4.09. The van der Waals surface area contributed by atoms with E-state index in [1.54, 1.807) is 19.1 Å². The predicted molar refractivity (Wildman–Crippen MR) is 79.6 cm³/mol. The number of carboxylic acids is 1. The molecule has 0 fully saturated rings. The van der Waals surface area contributed by atoms with Gasteiger partial charge in [0.25, 0.3) is 10.0 Å². The van der Waals surface area contributed by atoms with Crippen molar-refractivity contribution in [3.63, 3.8) is 0 Å². The lowest BCUT2D eigenvalue weighted by Crippen LogP contribution is -2.15. The molecular weight excluding hydrogens is 306 g/mol. The molecule has 0 aromatic heterocycles. The van der Waals surface area contributed by atoms with Gasteiger partial charge in [0.05, 0.1) is 16.1 Å². The number of aromatic carboxylic acids is 1. The van der Waals surface area contributed by atoms with Gasteiger partial charge in [-0.3, -0.25) is 4.72 Å². The van der Waals surface area contributed by atoms with Crippen LogP contribution in [0.1, 0.15) is 21.5 Å². The van der Waals surface area contributed by atoms with E-state index in [1.807, 2.05) is 13.0 Å². The first-order chi connectivity index (χ1) is 10.2. The van der Waals surface area contributed by atoms with Crippen LogP contribution in [0.25, 0.3) is 0 Å². The third-order valence-electron chi connectivity index (χ3n) is 3.12. The molecule has 2 aromatic carbocycles. The minimum absolute atomic E-state index is 0.274. The lowest BCUT2D eigenvalue weighted by atomic mass is 10.1. The minimum Gasteiger partial charge on any atom is -0.872 e. The van der Waals surface area contributed by atoms with Crippen molar-refractivity contribution in [2.24, 2.45) is 0 Å². The summed E-state index contributed by atoms with van der Waals surface area (Å²) in [6.07, 6.45) is 0. The molecule has 0 heterocycles.